The number of benzene rings is 2. The lowest BCUT2D eigenvalue weighted by atomic mass is 10.1. The van der Waals surface area contributed by atoms with E-state index in [0.29, 0.717) is 20.5 Å². The van der Waals surface area contributed by atoms with Crippen LogP contribution in [-0.2, 0) is 9.59 Å². The third kappa shape index (κ3) is 4.97. The van der Waals surface area contributed by atoms with E-state index in [1.807, 2.05) is 0 Å². The molecule has 0 atom stereocenters. The number of aromatic hydroxyl groups is 2. The van der Waals surface area contributed by atoms with Crippen LogP contribution >= 0.6 is 24.0 Å². The molecule has 1 fully saturated rings. The van der Waals surface area contributed by atoms with Crippen LogP contribution in [0.4, 0.5) is 5.69 Å². The molecule has 2 aromatic rings. The second kappa shape index (κ2) is 8.97. The van der Waals surface area contributed by atoms with Crippen molar-refractivity contribution in [1.29, 1.82) is 0 Å². The van der Waals surface area contributed by atoms with Crippen molar-refractivity contribution < 1.29 is 29.7 Å². The number of hydrogen-bond donors (Lipinski definition) is 4. The molecule has 10 heteroatoms. The summed E-state index contributed by atoms with van der Waals surface area (Å²) in [7, 11) is 0. The molecule has 4 N–H and O–H groups in total. The molecule has 8 nitrogen and oxygen atoms in total. The van der Waals surface area contributed by atoms with Gasteiger partial charge in [0.2, 0.25) is 5.91 Å². The van der Waals surface area contributed by atoms with Gasteiger partial charge in [0.15, 0.2) is 0 Å². The van der Waals surface area contributed by atoms with Gasteiger partial charge in [-0.25, -0.2) is 4.79 Å². The molecule has 2 aromatic carbocycles. The molecule has 0 spiro atoms. The number of carboxylic acid groups (broad SMARTS) is 1. The van der Waals surface area contributed by atoms with Crippen molar-refractivity contribution in [2.45, 2.75) is 6.42 Å². The second-order valence-corrected chi connectivity index (χ2v) is 7.93. The van der Waals surface area contributed by atoms with E-state index in [-0.39, 0.29) is 41.8 Å². The maximum absolute atomic E-state index is 12.6. The smallest absolute Gasteiger partial charge is 0.335 e. The van der Waals surface area contributed by atoms with Crippen molar-refractivity contribution in [2.75, 3.05) is 11.9 Å². The van der Waals surface area contributed by atoms with Crippen molar-refractivity contribution in [2.24, 2.45) is 0 Å². The fourth-order valence-corrected chi connectivity index (χ4v) is 3.92. The number of rotatable bonds is 6. The van der Waals surface area contributed by atoms with Crippen molar-refractivity contribution in [3.8, 4) is 11.5 Å². The molecule has 2 amide bonds. The fourth-order valence-electron chi connectivity index (χ4n) is 2.62. The molecule has 3 rings (SSSR count). The van der Waals surface area contributed by atoms with Crippen LogP contribution in [0.5, 0.6) is 11.5 Å². The average Bonchev–Trinajstić information content (AvgIpc) is 2.95. The van der Waals surface area contributed by atoms with Gasteiger partial charge in [-0.05, 0) is 42.5 Å². The zero-order valence-corrected chi connectivity index (χ0v) is 17.0. The van der Waals surface area contributed by atoms with Gasteiger partial charge in [0.1, 0.15) is 15.8 Å². The van der Waals surface area contributed by atoms with Crippen LogP contribution in [0.3, 0.4) is 0 Å². The summed E-state index contributed by atoms with van der Waals surface area (Å²) in [5, 5.41) is 30.8. The van der Waals surface area contributed by atoms with Crippen molar-refractivity contribution in [3.63, 3.8) is 0 Å². The Hall–Kier alpha value is -3.37. The summed E-state index contributed by atoms with van der Waals surface area (Å²) in [6.45, 7) is 0.0720. The van der Waals surface area contributed by atoms with Crippen molar-refractivity contribution in [1.82, 2.24) is 4.90 Å². The van der Waals surface area contributed by atoms with Gasteiger partial charge in [0.05, 0.1) is 10.5 Å². The molecule has 0 radical (unpaired) electrons. The summed E-state index contributed by atoms with van der Waals surface area (Å²) in [6.07, 6.45) is 1.46. The first-order valence-electron chi connectivity index (χ1n) is 8.65. The van der Waals surface area contributed by atoms with Crippen LogP contribution in [0.1, 0.15) is 22.3 Å². The van der Waals surface area contributed by atoms with Gasteiger partial charge in [-0.3, -0.25) is 14.5 Å². The first-order chi connectivity index (χ1) is 14.2. The number of thioether (sulfide) groups is 1. The van der Waals surface area contributed by atoms with Gasteiger partial charge in [-0.15, -0.1) is 0 Å². The maximum Gasteiger partial charge on any atom is 0.335 e. The summed E-state index contributed by atoms with van der Waals surface area (Å²) in [5.74, 6) is -2.06. The SMILES string of the molecule is O=C(CCN1C(=O)/C(=C/c2ccc(O)cc2O)SC1=S)Nc1ccc(C(=O)O)cc1. The number of thiocarbonyl (C=S) groups is 1. The molecule has 30 heavy (non-hydrogen) atoms. The minimum absolute atomic E-state index is 0.00907. The van der Waals surface area contributed by atoms with Crippen molar-refractivity contribution >= 4 is 57.8 Å². The Morgan fingerprint density at radius 1 is 1.13 bits per heavy atom. The predicted octanol–water partition coefficient (Wildman–Crippen LogP) is 3.03. The minimum Gasteiger partial charge on any atom is -0.508 e. The van der Waals surface area contributed by atoms with Crippen LogP contribution in [0, 0.1) is 0 Å². The van der Waals surface area contributed by atoms with Crippen LogP contribution in [0.25, 0.3) is 6.08 Å². The number of hydrogen-bond acceptors (Lipinski definition) is 7. The highest BCUT2D eigenvalue weighted by Crippen LogP contribution is 2.34. The molecular weight excluding hydrogens is 428 g/mol. The van der Waals surface area contributed by atoms with E-state index in [4.69, 9.17) is 17.3 Å². The van der Waals surface area contributed by atoms with E-state index in [1.165, 1.54) is 53.4 Å². The Bertz CT molecular complexity index is 1070. The monoisotopic (exact) mass is 444 g/mol. The van der Waals surface area contributed by atoms with Crippen LogP contribution < -0.4 is 5.32 Å². The van der Waals surface area contributed by atoms with E-state index < -0.39 is 5.97 Å². The maximum atomic E-state index is 12.6. The molecule has 1 saturated heterocycles. The molecule has 0 saturated carbocycles. The largest absolute Gasteiger partial charge is 0.508 e. The highest BCUT2D eigenvalue weighted by molar-refractivity contribution is 8.26. The van der Waals surface area contributed by atoms with Crippen molar-refractivity contribution in [3.05, 3.63) is 58.5 Å². The van der Waals surface area contributed by atoms with E-state index in [0.717, 1.165) is 11.8 Å². The molecule has 0 bridgehead atoms. The topological polar surface area (TPSA) is 127 Å². The number of anilines is 1. The fraction of sp³-hybridized carbons (Fsp3) is 0.100. The van der Waals surface area contributed by atoms with Crippen LogP contribution in [0.15, 0.2) is 47.4 Å². The lowest BCUT2D eigenvalue weighted by molar-refractivity contribution is -0.122. The predicted molar refractivity (Wildman–Crippen MR) is 116 cm³/mol. The molecule has 1 aliphatic heterocycles. The van der Waals surface area contributed by atoms with Gasteiger partial charge in [0.25, 0.3) is 5.91 Å². The Morgan fingerprint density at radius 3 is 2.47 bits per heavy atom. The summed E-state index contributed by atoms with van der Waals surface area (Å²) < 4.78 is 0.295. The van der Waals surface area contributed by atoms with Gasteiger partial charge in [-0.2, -0.15) is 0 Å². The molecule has 154 valence electrons. The van der Waals surface area contributed by atoms with Crippen LogP contribution in [-0.4, -0.2) is 48.9 Å². The third-order valence-electron chi connectivity index (χ3n) is 4.15. The number of carbonyl (C=O) groups excluding carboxylic acids is 2. The first kappa shape index (κ1) is 21.3. The Kier molecular flexibility index (Phi) is 6.38. The van der Waals surface area contributed by atoms with Gasteiger partial charge in [-0.1, -0.05) is 24.0 Å². The van der Waals surface area contributed by atoms with Gasteiger partial charge < -0.3 is 20.6 Å². The number of phenolic OH excluding ortho intramolecular Hbond substituents is 2. The minimum atomic E-state index is -1.06. The number of nitrogens with zero attached hydrogens (tertiary/aromatic N) is 1. The van der Waals surface area contributed by atoms with E-state index >= 15 is 0 Å². The third-order valence-corrected chi connectivity index (χ3v) is 5.53. The Balaban J connectivity index is 1.60. The summed E-state index contributed by atoms with van der Waals surface area (Å²) in [6, 6.07) is 9.74. The molecule has 1 heterocycles. The molecule has 1 aliphatic rings. The quantitative estimate of drug-likeness (QED) is 0.396. The average molecular weight is 444 g/mol. The number of nitrogens with one attached hydrogen (secondary N) is 1. The molecule has 0 unspecified atom stereocenters. The Morgan fingerprint density at radius 2 is 1.83 bits per heavy atom. The second-order valence-electron chi connectivity index (χ2n) is 6.26. The number of amides is 2. The van der Waals surface area contributed by atoms with E-state index in [9.17, 15) is 24.6 Å². The van der Waals surface area contributed by atoms with Gasteiger partial charge in [0, 0.05) is 30.3 Å². The van der Waals surface area contributed by atoms with Crippen LogP contribution in [0.2, 0.25) is 0 Å². The Labute approximate surface area is 180 Å². The van der Waals surface area contributed by atoms with E-state index in [1.54, 1.807) is 0 Å². The van der Waals surface area contributed by atoms with Gasteiger partial charge >= 0.3 is 5.97 Å². The first-order valence-corrected chi connectivity index (χ1v) is 9.87. The highest BCUT2D eigenvalue weighted by atomic mass is 32.2. The molecular formula is C20H16N2O6S2. The molecule has 0 aromatic heterocycles. The zero-order chi connectivity index (χ0) is 21.8. The number of carbonyl (C=O) groups is 3. The zero-order valence-electron chi connectivity index (χ0n) is 15.4. The summed E-state index contributed by atoms with van der Waals surface area (Å²) in [5.41, 5.74) is 0.908. The number of phenols is 2. The lowest BCUT2D eigenvalue weighted by Gasteiger charge is -2.14. The standard InChI is InChI=1S/C20H16N2O6S2/c23-14-6-3-12(15(24)10-14)9-16-18(26)22(20(29)30-16)8-7-17(25)21-13-4-1-11(2-5-13)19(27)28/h1-6,9-10,23-24H,7-8H2,(H,21,25)(H,27,28)/b16-9-. The number of aromatic carboxylic acids is 1. The normalized spacial score (nSPS) is 14.9. The highest BCUT2D eigenvalue weighted by Gasteiger charge is 2.32. The number of carboxylic acids is 1. The summed E-state index contributed by atoms with van der Waals surface area (Å²) in [4.78, 5) is 37.2. The lowest BCUT2D eigenvalue weighted by Crippen LogP contribution is -2.31. The summed E-state index contributed by atoms with van der Waals surface area (Å²) >= 11 is 6.28. The van der Waals surface area contributed by atoms with E-state index in [2.05, 4.69) is 5.32 Å². The molecule has 0 aliphatic carbocycles.